The van der Waals surface area contributed by atoms with Crippen molar-refractivity contribution in [3.8, 4) is 0 Å². The van der Waals surface area contributed by atoms with Crippen LogP contribution >= 0.6 is 0 Å². The Morgan fingerprint density at radius 3 is 2.80 bits per heavy atom. The molecule has 0 bridgehead atoms. The van der Waals surface area contributed by atoms with Gasteiger partial charge >= 0.3 is 0 Å². The van der Waals surface area contributed by atoms with E-state index in [-0.39, 0.29) is 0 Å². The highest BCUT2D eigenvalue weighted by Gasteiger charge is 2.24. The number of pyridine rings is 1. The van der Waals surface area contributed by atoms with Crippen molar-refractivity contribution in [3.05, 3.63) is 23.9 Å². The maximum Gasteiger partial charge on any atom is 0.126 e. The molecule has 1 aromatic rings. The number of aromatic nitrogens is 1. The summed E-state index contributed by atoms with van der Waals surface area (Å²) in [7, 11) is 0. The highest BCUT2D eigenvalue weighted by Crippen LogP contribution is 2.34. The number of nitrogens with one attached hydrogen (secondary N) is 1. The van der Waals surface area contributed by atoms with E-state index >= 15 is 0 Å². The van der Waals surface area contributed by atoms with E-state index in [0.717, 1.165) is 11.7 Å². The Balaban J connectivity index is 1.89. The minimum Gasteiger partial charge on any atom is -0.367 e. The molecule has 15 heavy (non-hydrogen) atoms. The minimum absolute atomic E-state index is 0.604. The monoisotopic (exact) mass is 204 g/mol. The highest BCUT2D eigenvalue weighted by molar-refractivity contribution is 5.36. The van der Waals surface area contributed by atoms with Gasteiger partial charge in [0, 0.05) is 12.2 Å². The molecule has 0 aromatic carbocycles. The lowest BCUT2D eigenvalue weighted by Gasteiger charge is -2.17. The first-order valence-electron chi connectivity index (χ1n) is 5.97. The lowest BCUT2D eigenvalue weighted by molar-refractivity contribution is 0.585. The van der Waals surface area contributed by atoms with Gasteiger partial charge in [0.1, 0.15) is 5.82 Å². The van der Waals surface area contributed by atoms with Gasteiger partial charge in [-0.1, -0.05) is 25.8 Å². The molecule has 2 rings (SSSR count). The van der Waals surface area contributed by atoms with Crippen LogP contribution in [0, 0.1) is 12.8 Å². The molecular formula is C13H20N2. The molecule has 0 spiro atoms. The zero-order chi connectivity index (χ0) is 10.7. The Kier molecular flexibility index (Phi) is 3.24. The molecule has 0 saturated heterocycles. The van der Waals surface area contributed by atoms with Gasteiger partial charge in [-0.3, -0.25) is 0 Å². The molecule has 1 saturated carbocycles. The van der Waals surface area contributed by atoms with Gasteiger partial charge in [-0.25, -0.2) is 4.98 Å². The number of hydrogen-bond acceptors (Lipinski definition) is 2. The topological polar surface area (TPSA) is 24.9 Å². The molecule has 1 aliphatic carbocycles. The third-order valence-corrected chi connectivity index (χ3v) is 3.07. The molecule has 1 N–H and O–H groups in total. The number of hydrogen-bond donors (Lipinski definition) is 1. The fraction of sp³-hybridized carbons (Fsp3) is 0.615. The largest absolute Gasteiger partial charge is 0.367 e. The Labute approximate surface area is 92.1 Å². The van der Waals surface area contributed by atoms with Crippen LogP contribution in [0.5, 0.6) is 0 Å². The molecule has 2 heteroatoms. The first kappa shape index (κ1) is 10.5. The summed E-state index contributed by atoms with van der Waals surface area (Å²) < 4.78 is 0. The Morgan fingerprint density at radius 2 is 2.27 bits per heavy atom. The van der Waals surface area contributed by atoms with E-state index in [1.807, 2.05) is 6.20 Å². The maximum atomic E-state index is 4.38. The van der Waals surface area contributed by atoms with Gasteiger partial charge < -0.3 is 5.32 Å². The number of nitrogens with zero attached hydrogens (tertiary/aromatic N) is 1. The second kappa shape index (κ2) is 4.65. The SMILES string of the molecule is CCC(CC1CC1)Nc1ccc(C)cn1. The molecule has 0 radical (unpaired) electrons. The normalized spacial score (nSPS) is 17.5. The fourth-order valence-corrected chi connectivity index (χ4v) is 1.85. The molecule has 0 aliphatic heterocycles. The smallest absolute Gasteiger partial charge is 0.126 e. The van der Waals surface area contributed by atoms with Gasteiger partial charge in [0.2, 0.25) is 0 Å². The molecule has 1 heterocycles. The van der Waals surface area contributed by atoms with Gasteiger partial charge in [-0.15, -0.1) is 0 Å². The second-order valence-electron chi connectivity index (χ2n) is 4.65. The summed E-state index contributed by atoms with van der Waals surface area (Å²) in [4.78, 5) is 4.38. The van der Waals surface area contributed by atoms with E-state index in [2.05, 4.69) is 36.3 Å². The van der Waals surface area contributed by atoms with Crippen molar-refractivity contribution in [1.82, 2.24) is 4.98 Å². The first-order chi connectivity index (χ1) is 7.28. The zero-order valence-electron chi connectivity index (χ0n) is 9.66. The van der Waals surface area contributed by atoms with Crippen molar-refractivity contribution in [2.45, 2.75) is 45.6 Å². The lowest BCUT2D eigenvalue weighted by atomic mass is 10.1. The van der Waals surface area contributed by atoms with Crippen molar-refractivity contribution in [2.24, 2.45) is 5.92 Å². The van der Waals surface area contributed by atoms with E-state index < -0.39 is 0 Å². The van der Waals surface area contributed by atoms with Gasteiger partial charge in [0.25, 0.3) is 0 Å². The van der Waals surface area contributed by atoms with Crippen LogP contribution in [0.4, 0.5) is 5.82 Å². The average Bonchev–Trinajstić information content (AvgIpc) is 3.04. The van der Waals surface area contributed by atoms with E-state index in [0.29, 0.717) is 6.04 Å². The van der Waals surface area contributed by atoms with Crippen LogP contribution in [0.2, 0.25) is 0 Å². The van der Waals surface area contributed by atoms with Crippen LogP contribution in [-0.2, 0) is 0 Å². The van der Waals surface area contributed by atoms with Crippen molar-refractivity contribution in [1.29, 1.82) is 0 Å². The number of anilines is 1. The molecule has 2 nitrogen and oxygen atoms in total. The van der Waals surface area contributed by atoms with Crippen molar-refractivity contribution in [3.63, 3.8) is 0 Å². The van der Waals surface area contributed by atoms with Gasteiger partial charge in [0.15, 0.2) is 0 Å². The van der Waals surface area contributed by atoms with Crippen molar-refractivity contribution >= 4 is 5.82 Å². The molecule has 1 aromatic heterocycles. The number of rotatable bonds is 5. The summed E-state index contributed by atoms with van der Waals surface area (Å²) in [5, 5.41) is 3.52. The van der Waals surface area contributed by atoms with E-state index in [1.54, 1.807) is 0 Å². The lowest BCUT2D eigenvalue weighted by Crippen LogP contribution is -2.19. The maximum absolute atomic E-state index is 4.38. The van der Waals surface area contributed by atoms with Crippen LogP contribution in [0.3, 0.4) is 0 Å². The summed E-state index contributed by atoms with van der Waals surface area (Å²) >= 11 is 0. The highest BCUT2D eigenvalue weighted by atomic mass is 15.0. The minimum atomic E-state index is 0.604. The Morgan fingerprint density at radius 1 is 1.47 bits per heavy atom. The predicted molar refractivity (Wildman–Crippen MR) is 64.0 cm³/mol. The fourth-order valence-electron chi connectivity index (χ4n) is 1.85. The second-order valence-corrected chi connectivity index (χ2v) is 4.65. The third kappa shape index (κ3) is 3.22. The molecule has 1 unspecified atom stereocenters. The average molecular weight is 204 g/mol. The van der Waals surface area contributed by atoms with Gasteiger partial charge in [0.05, 0.1) is 0 Å². The molecule has 1 fully saturated rings. The van der Waals surface area contributed by atoms with Crippen LogP contribution < -0.4 is 5.32 Å². The van der Waals surface area contributed by atoms with Crippen molar-refractivity contribution in [2.75, 3.05) is 5.32 Å². The van der Waals surface area contributed by atoms with E-state index in [4.69, 9.17) is 0 Å². The predicted octanol–water partition coefficient (Wildman–Crippen LogP) is 3.38. The Hall–Kier alpha value is -1.05. The third-order valence-electron chi connectivity index (χ3n) is 3.07. The molecule has 1 atom stereocenters. The zero-order valence-corrected chi connectivity index (χ0v) is 9.66. The summed E-state index contributed by atoms with van der Waals surface area (Å²) in [5.41, 5.74) is 1.22. The van der Waals surface area contributed by atoms with Crippen LogP contribution in [0.1, 0.15) is 38.2 Å². The Bertz CT molecular complexity index is 301. The summed E-state index contributed by atoms with van der Waals surface area (Å²) in [5.74, 6) is 2.00. The summed E-state index contributed by atoms with van der Waals surface area (Å²) in [6.45, 7) is 4.31. The molecule has 82 valence electrons. The molecular weight excluding hydrogens is 184 g/mol. The first-order valence-corrected chi connectivity index (χ1v) is 5.97. The van der Waals surface area contributed by atoms with Crippen LogP contribution in [0.15, 0.2) is 18.3 Å². The van der Waals surface area contributed by atoms with E-state index in [9.17, 15) is 0 Å². The molecule has 0 amide bonds. The quantitative estimate of drug-likeness (QED) is 0.795. The summed E-state index contributed by atoms with van der Waals surface area (Å²) in [6, 6.07) is 4.79. The van der Waals surface area contributed by atoms with Crippen molar-refractivity contribution < 1.29 is 0 Å². The van der Waals surface area contributed by atoms with Gasteiger partial charge in [-0.2, -0.15) is 0 Å². The van der Waals surface area contributed by atoms with E-state index in [1.165, 1.54) is 31.2 Å². The standard InChI is InChI=1S/C13H20N2/c1-3-12(8-11-5-6-11)15-13-7-4-10(2)9-14-13/h4,7,9,11-12H,3,5-6,8H2,1-2H3,(H,14,15). The van der Waals surface area contributed by atoms with Gasteiger partial charge in [-0.05, 0) is 37.3 Å². The molecule has 1 aliphatic rings. The van der Waals surface area contributed by atoms with Crippen LogP contribution in [-0.4, -0.2) is 11.0 Å². The summed E-state index contributed by atoms with van der Waals surface area (Å²) in [6.07, 6.45) is 7.28. The number of aryl methyl sites for hydroxylation is 1. The van der Waals surface area contributed by atoms with Crippen LogP contribution in [0.25, 0.3) is 0 Å².